The zero-order valence-electron chi connectivity index (χ0n) is 12.5. The number of carbonyl (C=O) groups excluding carboxylic acids is 1. The molecule has 0 fully saturated rings. The molecule has 0 atom stereocenters. The van der Waals surface area contributed by atoms with Crippen LogP contribution in [-0.2, 0) is 4.79 Å². The van der Waals surface area contributed by atoms with Gasteiger partial charge in [0.05, 0.1) is 23.0 Å². The first-order valence-electron chi connectivity index (χ1n) is 7.06. The van der Waals surface area contributed by atoms with Gasteiger partial charge in [-0.05, 0) is 44.2 Å². The van der Waals surface area contributed by atoms with Crippen molar-refractivity contribution < 1.29 is 4.79 Å². The Kier molecular flexibility index (Phi) is 3.78. The SMILES string of the molecule is Cc1cc(C2=NN(c3ccc(C#N)cc3)C(=O)CC2)c(C)s1. The van der Waals surface area contributed by atoms with E-state index in [1.165, 1.54) is 14.8 Å². The number of hydrogen-bond acceptors (Lipinski definition) is 4. The van der Waals surface area contributed by atoms with E-state index in [2.05, 4.69) is 31.1 Å². The zero-order chi connectivity index (χ0) is 15.7. The van der Waals surface area contributed by atoms with Gasteiger partial charge in [-0.3, -0.25) is 4.79 Å². The number of hydrazone groups is 1. The van der Waals surface area contributed by atoms with Gasteiger partial charge in [0.15, 0.2) is 0 Å². The van der Waals surface area contributed by atoms with Crippen molar-refractivity contribution in [2.75, 3.05) is 5.01 Å². The predicted molar refractivity (Wildman–Crippen MR) is 88.2 cm³/mol. The maximum absolute atomic E-state index is 12.2. The normalized spacial score (nSPS) is 14.7. The van der Waals surface area contributed by atoms with Gasteiger partial charge in [-0.25, -0.2) is 5.01 Å². The van der Waals surface area contributed by atoms with Crippen LogP contribution in [0.1, 0.15) is 33.7 Å². The summed E-state index contributed by atoms with van der Waals surface area (Å²) in [5.74, 6) is -0.0157. The first kappa shape index (κ1) is 14.5. The number of rotatable bonds is 2. The molecule has 4 nitrogen and oxygen atoms in total. The van der Waals surface area contributed by atoms with Crippen molar-refractivity contribution in [3.05, 3.63) is 51.2 Å². The van der Waals surface area contributed by atoms with Gasteiger partial charge in [0.1, 0.15) is 0 Å². The molecule has 0 unspecified atom stereocenters. The van der Waals surface area contributed by atoms with Gasteiger partial charge < -0.3 is 0 Å². The highest BCUT2D eigenvalue weighted by molar-refractivity contribution is 7.12. The van der Waals surface area contributed by atoms with E-state index >= 15 is 0 Å². The van der Waals surface area contributed by atoms with Gasteiger partial charge in [-0.2, -0.15) is 10.4 Å². The topological polar surface area (TPSA) is 56.5 Å². The molecule has 1 aliphatic heterocycles. The average molecular weight is 309 g/mol. The molecule has 0 N–H and O–H groups in total. The second-order valence-corrected chi connectivity index (χ2v) is 6.70. The van der Waals surface area contributed by atoms with E-state index in [1.807, 2.05) is 0 Å². The Morgan fingerprint density at radius 3 is 2.55 bits per heavy atom. The smallest absolute Gasteiger partial charge is 0.247 e. The van der Waals surface area contributed by atoms with Gasteiger partial charge in [-0.1, -0.05) is 0 Å². The molecule has 1 aromatic carbocycles. The number of benzene rings is 1. The molecule has 2 aromatic rings. The minimum atomic E-state index is -0.0157. The predicted octanol–water partition coefficient (Wildman–Crippen LogP) is 3.77. The second-order valence-electron chi connectivity index (χ2n) is 5.24. The molecule has 0 spiro atoms. The maximum atomic E-state index is 12.2. The molecule has 22 heavy (non-hydrogen) atoms. The van der Waals surface area contributed by atoms with E-state index in [0.29, 0.717) is 24.1 Å². The van der Waals surface area contributed by atoms with Gasteiger partial charge in [0.25, 0.3) is 0 Å². The Balaban J connectivity index is 1.99. The summed E-state index contributed by atoms with van der Waals surface area (Å²) in [6.07, 6.45) is 1.12. The molecule has 1 aliphatic rings. The molecule has 1 amide bonds. The average Bonchev–Trinajstić information content (AvgIpc) is 2.86. The fourth-order valence-corrected chi connectivity index (χ4v) is 3.49. The largest absolute Gasteiger partial charge is 0.273 e. The number of amides is 1. The number of anilines is 1. The van der Waals surface area contributed by atoms with Gasteiger partial charge in [0, 0.05) is 28.2 Å². The van der Waals surface area contributed by atoms with Crippen LogP contribution in [0.5, 0.6) is 0 Å². The van der Waals surface area contributed by atoms with Crippen LogP contribution in [0.15, 0.2) is 35.4 Å². The molecular weight excluding hydrogens is 294 g/mol. The van der Waals surface area contributed by atoms with E-state index in [1.54, 1.807) is 35.6 Å². The lowest BCUT2D eigenvalue weighted by Crippen LogP contribution is -2.31. The van der Waals surface area contributed by atoms with Gasteiger partial charge in [-0.15, -0.1) is 11.3 Å². The van der Waals surface area contributed by atoms with E-state index in [4.69, 9.17) is 5.26 Å². The van der Waals surface area contributed by atoms with E-state index in [0.717, 1.165) is 11.3 Å². The quantitative estimate of drug-likeness (QED) is 0.848. The number of nitrogens with zero attached hydrogens (tertiary/aromatic N) is 3. The van der Waals surface area contributed by atoms with E-state index in [-0.39, 0.29) is 5.91 Å². The zero-order valence-corrected chi connectivity index (χ0v) is 13.3. The molecule has 5 heteroatoms. The third-order valence-electron chi connectivity index (χ3n) is 3.63. The molecule has 1 aromatic heterocycles. The van der Waals surface area contributed by atoms with Crippen LogP contribution in [0.25, 0.3) is 0 Å². The molecule has 0 radical (unpaired) electrons. The monoisotopic (exact) mass is 309 g/mol. The van der Waals surface area contributed by atoms with Crippen molar-refractivity contribution in [2.24, 2.45) is 5.10 Å². The van der Waals surface area contributed by atoms with E-state index < -0.39 is 0 Å². The fourth-order valence-electron chi connectivity index (χ4n) is 2.54. The van der Waals surface area contributed by atoms with Crippen LogP contribution in [0.4, 0.5) is 5.69 Å². The minimum Gasteiger partial charge on any atom is -0.273 e. The van der Waals surface area contributed by atoms with Crippen LogP contribution in [0, 0.1) is 25.2 Å². The Morgan fingerprint density at radius 1 is 1.23 bits per heavy atom. The Morgan fingerprint density at radius 2 is 1.95 bits per heavy atom. The molecular formula is C17H15N3OS. The first-order valence-corrected chi connectivity index (χ1v) is 7.88. The molecule has 2 heterocycles. The summed E-state index contributed by atoms with van der Waals surface area (Å²) >= 11 is 1.75. The Bertz CT molecular complexity index is 796. The van der Waals surface area contributed by atoms with Crippen LogP contribution >= 0.6 is 11.3 Å². The van der Waals surface area contributed by atoms with Crippen molar-refractivity contribution in [3.8, 4) is 6.07 Å². The number of hydrogen-bond donors (Lipinski definition) is 0. The van der Waals surface area contributed by atoms with E-state index in [9.17, 15) is 4.79 Å². The number of nitriles is 1. The second kappa shape index (κ2) is 5.74. The summed E-state index contributed by atoms with van der Waals surface area (Å²) in [6.45, 7) is 4.16. The lowest BCUT2D eigenvalue weighted by Gasteiger charge is -2.23. The van der Waals surface area contributed by atoms with Crippen LogP contribution in [0.3, 0.4) is 0 Å². The summed E-state index contributed by atoms with van der Waals surface area (Å²) in [6, 6.07) is 11.1. The van der Waals surface area contributed by atoms with Gasteiger partial charge >= 0.3 is 0 Å². The van der Waals surface area contributed by atoms with Crippen molar-refractivity contribution in [1.29, 1.82) is 5.26 Å². The molecule has 110 valence electrons. The summed E-state index contributed by atoms with van der Waals surface area (Å²) in [5.41, 5.74) is 3.35. The molecule has 0 bridgehead atoms. The third kappa shape index (κ3) is 2.66. The highest BCUT2D eigenvalue weighted by atomic mass is 32.1. The summed E-state index contributed by atoms with van der Waals surface area (Å²) in [5, 5.41) is 14.9. The Labute approximate surface area is 133 Å². The maximum Gasteiger partial charge on any atom is 0.247 e. The minimum absolute atomic E-state index is 0.0157. The first-order chi connectivity index (χ1) is 10.6. The van der Waals surface area contributed by atoms with Crippen LogP contribution in [-0.4, -0.2) is 11.6 Å². The lowest BCUT2D eigenvalue weighted by atomic mass is 10.0. The molecule has 0 saturated heterocycles. The highest BCUT2D eigenvalue weighted by Gasteiger charge is 2.24. The lowest BCUT2D eigenvalue weighted by molar-refractivity contribution is -0.118. The Hall–Kier alpha value is -2.45. The molecule has 3 rings (SSSR count). The standard InChI is InChI=1S/C17H15N3OS/c1-11-9-15(12(2)22-11)16-7-8-17(21)20(19-16)14-5-3-13(10-18)4-6-14/h3-6,9H,7-8H2,1-2H3. The van der Waals surface area contributed by atoms with Crippen molar-refractivity contribution in [1.82, 2.24) is 0 Å². The van der Waals surface area contributed by atoms with Crippen LogP contribution < -0.4 is 5.01 Å². The number of thiophene rings is 1. The van der Waals surface area contributed by atoms with Crippen molar-refractivity contribution >= 4 is 28.6 Å². The number of aryl methyl sites for hydroxylation is 2. The van der Waals surface area contributed by atoms with Gasteiger partial charge in [0.2, 0.25) is 5.91 Å². The third-order valence-corrected chi connectivity index (χ3v) is 4.59. The van der Waals surface area contributed by atoms with Crippen molar-refractivity contribution in [2.45, 2.75) is 26.7 Å². The summed E-state index contributed by atoms with van der Waals surface area (Å²) < 4.78 is 0. The van der Waals surface area contributed by atoms with Crippen molar-refractivity contribution in [3.63, 3.8) is 0 Å². The van der Waals surface area contributed by atoms with Crippen LogP contribution in [0.2, 0.25) is 0 Å². The number of carbonyl (C=O) groups is 1. The molecule has 0 saturated carbocycles. The summed E-state index contributed by atoms with van der Waals surface area (Å²) in [7, 11) is 0. The highest BCUT2D eigenvalue weighted by Crippen LogP contribution is 2.27. The fraction of sp³-hybridized carbons (Fsp3) is 0.235. The molecule has 0 aliphatic carbocycles. The summed E-state index contributed by atoms with van der Waals surface area (Å²) in [4.78, 5) is 14.6.